The van der Waals surface area contributed by atoms with Crippen LogP contribution in [0.2, 0.25) is 0 Å². The minimum absolute atomic E-state index is 0.0259. The van der Waals surface area contributed by atoms with E-state index in [0.29, 0.717) is 12.2 Å². The Morgan fingerprint density at radius 2 is 2.00 bits per heavy atom. The van der Waals surface area contributed by atoms with E-state index in [2.05, 4.69) is 27.8 Å². The Morgan fingerprint density at radius 1 is 1.24 bits per heavy atom. The quantitative estimate of drug-likeness (QED) is 0.888. The van der Waals surface area contributed by atoms with E-state index in [1.165, 1.54) is 11.1 Å². The van der Waals surface area contributed by atoms with Crippen LogP contribution in [0, 0.1) is 13.8 Å². The van der Waals surface area contributed by atoms with E-state index >= 15 is 0 Å². The maximum absolute atomic E-state index is 12.4. The molecular weight excluding hydrogens is 262 g/mol. The van der Waals surface area contributed by atoms with Crippen molar-refractivity contribution >= 4 is 11.7 Å². The Bertz CT molecular complexity index is 661. The normalized spacial score (nSPS) is 17.1. The molecule has 0 radical (unpaired) electrons. The molecule has 2 N–H and O–H groups in total. The molecule has 0 fully saturated rings. The molecule has 4 nitrogen and oxygen atoms in total. The van der Waals surface area contributed by atoms with Crippen molar-refractivity contribution < 1.29 is 4.79 Å². The fourth-order valence-corrected chi connectivity index (χ4v) is 2.76. The molecule has 108 valence electrons. The van der Waals surface area contributed by atoms with Gasteiger partial charge in [0.2, 0.25) is 5.91 Å². The lowest BCUT2D eigenvalue weighted by molar-refractivity contribution is -0.118. The molecule has 1 aliphatic heterocycles. The SMILES string of the molecule is Cc1cc(C)nc(NC(=O)C2Cc3ccccc3CN2)c1. The summed E-state index contributed by atoms with van der Waals surface area (Å²) in [7, 11) is 0. The third-order valence-corrected chi connectivity index (χ3v) is 3.75. The highest BCUT2D eigenvalue weighted by Gasteiger charge is 2.24. The van der Waals surface area contributed by atoms with Crippen molar-refractivity contribution in [2.24, 2.45) is 0 Å². The summed E-state index contributed by atoms with van der Waals surface area (Å²) in [6.45, 7) is 4.66. The van der Waals surface area contributed by atoms with Gasteiger partial charge in [-0.15, -0.1) is 0 Å². The molecular formula is C17H19N3O. The monoisotopic (exact) mass is 281 g/mol. The average Bonchev–Trinajstić information content (AvgIpc) is 2.45. The van der Waals surface area contributed by atoms with Crippen LogP contribution in [-0.4, -0.2) is 16.9 Å². The van der Waals surface area contributed by atoms with Crippen LogP contribution in [0.5, 0.6) is 0 Å². The Labute approximate surface area is 124 Å². The van der Waals surface area contributed by atoms with Gasteiger partial charge in [-0.2, -0.15) is 0 Å². The van der Waals surface area contributed by atoms with Crippen LogP contribution in [-0.2, 0) is 17.8 Å². The van der Waals surface area contributed by atoms with Crippen molar-refractivity contribution in [1.82, 2.24) is 10.3 Å². The molecule has 1 amide bonds. The molecule has 0 aliphatic carbocycles. The van der Waals surface area contributed by atoms with Gasteiger partial charge in [-0.25, -0.2) is 4.98 Å². The predicted molar refractivity (Wildman–Crippen MR) is 83.1 cm³/mol. The first kappa shape index (κ1) is 13.8. The van der Waals surface area contributed by atoms with Crippen molar-refractivity contribution in [2.45, 2.75) is 32.9 Å². The Kier molecular flexibility index (Phi) is 3.71. The van der Waals surface area contributed by atoms with Gasteiger partial charge in [-0.3, -0.25) is 4.79 Å². The lowest BCUT2D eigenvalue weighted by Crippen LogP contribution is -2.44. The number of nitrogens with zero attached hydrogens (tertiary/aromatic N) is 1. The van der Waals surface area contributed by atoms with Gasteiger partial charge in [-0.1, -0.05) is 24.3 Å². The molecule has 1 aliphatic rings. The Morgan fingerprint density at radius 3 is 2.76 bits per heavy atom. The second kappa shape index (κ2) is 5.66. The number of carbonyl (C=O) groups is 1. The number of aryl methyl sites for hydroxylation is 2. The van der Waals surface area contributed by atoms with E-state index in [4.69, 9.17) is 0 Å². The average molecular weight is 281 g/mol. The van der Waals surface area contributed by atoms with E-state index in [1.54, 1.807) is 0 Å². The summed E-state index contributed by atoms with van der Waals surface area (Å²) in [4.78, 5) is 16.7. The molecule has 0 bridgehead atoms. The molecule has 1 atom stereocenters. The van der Waals surface area contributed by atoms with Gasteiger partial charge in [0.05, 0.1) is 6.04 Å². The van der Waals surface area contributed by atoms with Crippen molar-refractivity contribution in [1.29, 1.82) is 0 Å². The minimum Gasteiger partial charge on any atom is -0.309 e. The van der Waals surface area contributed by atoms with E-state index in [0.717, 1.165) is 17.8 Å². The molecule has 2 heterocycles. The maximum atomic E-state index is 12.4. The number of aromatic nitrogens is 1. The van der Waals surface area contributed by atoms with Gasteiger partial charge in [0.1, 0.15) is 5.82 Å². The van der Waals surface area contributed by atoms with Gasteiger partial charge in [-0.05, 0) is 49.1 Å². The molecule has 0 saturated heterocycles. The second-order valence-electron chi connectivity index (χ2n) is 5.57. The Balaban J connectivity index is 1.72. The van der Waals surface area contributed by atoms with E-state index in [1.807, 2.05) is 38.1 Å². The molecule has 1 unspecified atom stereocenters. The van der Waals surface area contributed by atoms with E-state index in [9.17, 15) is 4.79 Å². The first-order valence-corrected chi connectivity index (χ1v) is 7.18. The summed E-state index contributed by atoms with van der Waals surface area (Å²) in [6, 6.07) is 11.9. The van der Waals surface area contributed by atoms with Gasteiger partial charge in [0.25, 0.3) is 0 Å². The number of amides is 1. The zero-order valence-corrected chi connectivity index (χ0v) is 12.3. The van der Waals surface area contributed by atoms with Crippen molar-refractivity contribution in [3.63, 3.8) is 0 Å². The highest BCUT2D eigenvalue weighted by Crippen LogP contribution is 2.17. The van der Waals surface area contributed by atoms with Crippen LogP contribution in [0.1, 0.15) is 22.4 Å². The number of carbonyl (C=O) groups excluding carboxylic acids is 1. The fraction of sp³-hybridized carbons (Fsp3) is 0.294. The number of fused-ring (bicyclic) bond motifs is 1. The second-order valence-corrected chi connectivity index (χ2v) is 5.57. The zero-order valence-electron chi connectivity index (χ0n) is 12.3. The van der Waals surface area contributed by atoms with Gasteiger partial charge in [0, 0.05) is 12.2 Å². The first-order valence-electron chi connectivity index (χ1n) is 7.18. The predicted octanol–water partition coefficient (Wildman–Crippen LogP) is 2.35. The summed E-state index contributed by atoms with van der Waals surface area (Å²) in [5, 5.41) is 6.20. The minimum atomic E-state index is -0.206. The third kappa shape index (κ3) is 3.11. The summed E-state index contributed by atoms with van der Waals surface area (Å²) in [6.07, 6.45) is 0.715. The Hall–Kier alpha value is -2.20. The van der Waals surface area contributed by atoms with Gasteiger partial charge in [0.15, 0.2) is 0 Å². The molecule has 4 heteroatoms. The van der Waals surface area contributed by atoms with Crippen LogP contribution >= 0.6 is 0 Å². The van der Waals surface area contributed by atoms with Crippen molar-refractivity contribution in [3.8, 4) is 0 Å². The number of pyridine rings is 1. The number of hydrogen-bond acceptors (Lipinski definition) is 3. The van der Waals surface area contributed by atoms with Crippen LogP contribution < -0.4 is 10.6 Å². The van der Waals surface area contributed by atoms with Crippen LogP contribution in [0.15, 0.2) is 36.4 Å². The number of nitrogens with one attached hydrogen (secondary N) is 2. The van der Waals surface area contributed by atoms with Crippen LogP contribution in [0.3, 0.4) is 0 Å². The molecule has 1 aromatic heterocycles. The van der Waals surface area contributed by atoms with Crippen molar-refractivity contribution in [3.05, 3.63) is 58.8 Å². The number of benzene rings is 1. The summed E-state index contributed by atoms with van der Waals surface area (Å²) >= 11 is 0. The smallest absolute Gasteiger partial charge is 0.243 e. The molecule has 3 rings (SSSR count). The van der Waals surface area contributed by atoms with Gasteiger partial charge >= 0.3 is 0 Å². The number of anilines is 1. The molecule has 21 heavy (non-hydrogen) atoms. The third-order valence-electron chi connectivity index (χ3n) is 3.75. The van der Waals surface area contributed by atoms with Crippen LogP contribution in [0.4, 0.5) is 5.82 Å². The maximum Gasteiger partial charge on any atom is 0.243 e. The lowest BCUT2D eigenvalue weighted by atomic mass is 9.95. The molecule has 0 saturated carbocycles. The van der Waals surface area contributed by atoms with Crippen LogP contribution in [0.25, 0.3) is 0 Å². The number of rotatable bonds is 2. The first-order chi connectivity index (χ1) is 10.1. The number of hydrogen-bond donors (Lipinski definition) is 2. The van der Waals surface area contributed by atoms with E-state index in [-0.39, 0.29) is 11.9 Å². The standard InChI is InChI=1S/C17H19N3O/c1-11-7-12(2)19-16(8-11)20-17(21)15-9-13-5-3-4-6-14(13)10-18-15/h3-8,15,18H,9-10H2,1-2H3,(H,19,20,21). The molecule has 2 aromatic rings. The lowest BCUT2D eigenvalue weighted by Gasteiger charge is -2.25. The highest BCUT2D eigenvalue weighted by atomic mass is 16.2. The summed E-state index contributed by atoms with van der Waals surface area (Å²) < 4.78 is 0. The highest BCUT2D eigenvalue weighted by molar-refractivity contribution is 5.94. The summed E-state index contributed by atoms with van der Waals surface area (Å²) in [5.74, 6) is 0.597. The zero-order chi connectivity index (χ0) is 14.8. The van der Waals surface area contributed by atoms with E-state index < -0.39 is 0 Å². The fourth-order valence-electron chi connectivity index (χ4n) is 2.76. The largest absolute Gasteiger partial charge is 0.309 e. The topological polar surface area (TPSA) is 54.0 Å². The summed E-state index contributed by atoms with van der Waals surface area (Å²) in [5.41, 5.74) is 4.52. The van der Waals surface area contributed by atoms with Crippen molar-refractivity contribution in [2.75, 3.05) is 5.32 Å². The molecule has 1 aromatic carbocycles. The molecule has 0 spiro atoms. The van der Waals surface area contributed by atoms with Gasteiger partial charge < -0.3 is 10.6 Å².